The quantitative estimate of drug-likeness (QED) is 0.938. The van der Waals surface area contributed by atoms with Crippen LogP contribution in [0.25, 0.3) is 10.9 Å². The summed E-state index contributed by atoms with van der Waals surface area (Å²) in [5.41, 5.74) is 13.6. The van der Waals surface area contributed by atoms with Crippen molar-refractivity contribution in [2.45, 2.75) is 59.8 Å². The van der Waals surface area contributed by atoms with Gasteiger partial charge < -0.3 is 10.3 Å². The molecule has 3 rings (SSSR count). The van der Waals surface area contributed by atoms with Crippen LogP contribution in [0.2, 0.25) is 0 Å². The maximum Gasteiger partial charge on any atom is 0.0488 e. The van der Waals surface area contributed by atoms with Crippen LogP contribution in [0.3, 0.4) is 0 Å². The van der Waals surface area contributed by atoms with Gasteiger partial charge in [-0.15, -0.1) is 0 Å². The standard InChI is InChI=1S/C19H29N3/c1-6-22-13(4)16(9-18(20)12(2)3)17-7-14-10-21(5)11-15(14)8-19(17)22/h7-8,12,18H,6,9-11,20H2,1-5H3. The van der Waals surface area contributed by atoms with Gasteiger partial charge in [0.1, 0.15) is 0 Å². The monoisotopic (exact) mass is 299 g/mol. The Kier molecular flexibility index (Phi) is 4.04. The number of aromatic nitrogens is 1. The smallest absolute Gasteiger partial charge is 0.0488 e. The highest BCUT2D eigenvalue weighted by atomic mass is 15.1. The molecule has 1 unspecified atom stereocenters. The Hall–Kier alpha value is -1.32. The van der Waals surface area contributed by atoms with Gasteiger partial charge in [0, 0.05) is 42.3 Å². The lowest BCUT2D eigenvalue weighted by atomic mass is 9.95. The highest BCUT2D eigenvalue weighted by molar-refractivity contribution is 5.87. The molecule has 0 fully saturated rings. The Morgan fingerprint density at radius 1 is 1.18 bits per heavy atom. The van der Waals surface area contributed by atoms with Crippen molar-refractivity contribution in [2.75, 3.05) is 7.05 Å². The number of hydrogen-bond acceptors (Lipinski definition) is 2. The third-order valence-electron chi connectivity index (χ3n) is 5.27. The molecule has 0 saturated heterocycles. The minimum Gasteiger partial charge on any atom is -0.345 e. The maximum atomic E-state index is 6.38. The molecule has 0 amide bonds. The summed E-state index contributed by atoms with van der Waals surface area (Å²) < 4.78 is 2.45. The Labute approximate surface area is 134 Å². The average Bonchev–Trinajstić information content (AvgIpc) is 2.93. The van der Waals surface area contributed by atoms with Crippen molar-refractivity contribution >= 4 is 10.9 Å². The number of aryl methyl sites for hydroxylation is 1. The van der Waals surface area contributed by atoms with E-state index in [4.69, 9.17) is 5.73 Å². The Balaban J connectivity index is 2.15. The highest BCUT2D eigenvalue weighted by Gasteiger charge is 2.22. The van der Waals surface area contributed by atoms with Gasteiger partial charge in [-0.25, -0.2) is 0 Å². The molecule has 0 aliphatic carbocycles. The van der Waals surface area contributed by atoms with Gasteiger partial charge in [-0.3, -0.25) is 4.90 Å². The van der Waals surface area contributed by atoms with Crippen LogP contribution in [0.1, 0.15) is 43.2 Å². The van der Waals surface area contributed by atoms with E-state index in [0.29, 0.717) is 5.92 Å². The van der Waals surface area contributed by atoms with Crippen LogP contribution in [0.5, 0.6) is 0 Å². The molecule has 1 aromatic carbocycles. The summed E-state index contributed by atoms with van der Waals surface area (Å²) in [5, 5.41) is 1.42. The Morgan fingerprint density at radius 3 is 2.41 bits per heavy atom. The Bertz CT molecular complexity index is 697. The predicted molar refractivity (Wildman–Crippen MR) is 94.0 cm³/mol. The lowest BCUT2D eigenvalue weighted by molar-refractivity contribution is 0.353. The lowest BCUT2D eigenvalue weighted by Crippen LogP contribution is -2.29. The van der Waals surface area contributed by atoms with E-state index in [-0.39, 0.29) is 6.04 Å². The molecule has 3 heteroatoms. The summed E-state index contributed by atoms with van der Waals surface area (Å²) in [5.74, 6) is 0.514. The number of rotatable bonds is 4. The van der Waals surface area contributed by atoms with Gasteiger partial charge >= 0.3 is 0 Å². The third kappa shape index (κ3) is 2.46. The molecule has 0 spiro atoms. The molecule has 0 saturated carbocycles. The molecule has 22 heavy (non-hydrogen) atoms. The van der Waals surface area contributed by atoms with Crippen molar-refractivity contribution in [3.63, 3.8) is 0 Å². The predicted octanol–water partition coefficient (Wildman–Crippen LogP) is 3.44. The van der Waals surface area contributed by atoms with Gasteiger partial charge in [-0.2, -0.15) is 0 Å². The summed E-state index contributed by atoms with van der Waals surface area (Å²) in [6.45, 7) is 12.1. The molecular formula is C19H29N3. The first kappa shape index (κ1) is 15.6. The third-order valence-corrected chi connectivity index (χ3v) is 5.27. The van der Waals surface area contributed by atoms with Gasteiger partial charge in [-0.05, 0) is 62.1 Å². The zero-order valence-electron chi connectivity index (χ0n) is 14.6. The molecule has 1 aliphatic rings. The van der Waals surface area contributed by atoms with Gasteiger partial charge in [-0.1, -0.05) is 13.8 Å². The normalized spacial score (nSPS) is 16.7. The second kappa shape index (κ2) is 5.71. The van der Waals surface area contributed by atoms with E-state index in [9.17, 15) is 0 Å². The zero-order chi connectivity index (χ0) is 16.0. The molecule has 0 bridgehead atoms. The second-order valence-corrected chi connectivity index (χ2v) is 7.23. The molecule has 3 nitrogen and oxygen atoms in total. The van der Waals surface area contributed by atoms with Crippen molar-refractivity contribution in [3.05, 3.63) is 34.5 Å². The van der Waals surface area contributed by atoms with E-state index in [1.165, 1.54) is 33.3 Å². The molecule has 1 aromatic heterocycles. The van der Waals surface area contributed by atoms with Crippen LogP contribution in [0.15, 0.2) is 12.1 Å². The fourth-order valence-corrected chi connectivity index (χ4v) is 3.75. The van der Waals surface area contributed by atoms with Crippen molar-refractivity contribution in [1.29, 1.82) is 0 Å². The zero-order valence-corrected chi connectivity index (χ0v) is 14.6. The van der Waals surface area contributed by atoms with Crippen molar-refractivity contribution in [3.8, 4) is 0 Å². The average molecular weight is 299 g/mol. The minimum absolute atomic E-state index is 0.227. The van der Waals surface area contributed by atoms with Crippen LogP contribution in [0.4, 0.5) is 0 Å². The fourth-order valence-electron chi connectivity index (χ4n) is 3.75. The Morgan fingerprint density at radius 2 is 1.82 bits per heavy atom. The minimum atomic E-state index is 0.227. The van der Waals surface area contributed by atoms with Crippen LogP contribution in [0, 0.1) is 12.8 Å². The van der Waals surface area contributed by atoms with Crippen LogP contribution in [-0.2, 0) is 26.1 Å². The molecule has 1 atom stereocenters. The number of fused-ring (bicyclic) bond motifs is 2. The van der Waals surface area contributed by atoms with Crippen LogP contribution >= 0.6 is 0 Å². The van der Waals surface area contributed by atoms with E-state index < -0.39 is 0 Å². The number of nitrogens with two attached hydrogens (primary N) is 1. The number of hydrogen-bond donors (Lipinski definition) is 1. The van der Waals surface area contributed by atoms with Crippen LogP contribution in [-0.4, -0.2) is 22.6 Å². The first-order valence-electron chi connectivity index (χ1n) is 8.50. The van der Waals surface area contributed by atoms with E-state index in [2.05, 4.69) is 56.3 Å². The first-order chi connectivity index (χ1) is 10.4. The SMILES string of the molecule is CCn1c(C)c(CC(N)C(C)C)c2cc3c(cc21)CN(C)C3. The molecule has 2 N–H and O–H groups in total. The highest BCUT2D eigenvalue weighted by Crippen LogP contribution is 2.33. The molecule has 2 heterocycles. The fraction of sp³-hybridized carbons (Fsp3) is 0.579. The molecule has 0 radical (unpaired) electrons. The number of nitrogens with zero attached hydrogens (tertiary/aromatic N) is 2. The summed E-state index contributed by atoms with van der Waals surface area (Å²) in [6, 6.07) is 5.07. The topological polar surface area (TPSA) is 34.2 Å². The molecule has 2 aromatic rings. The maximum absolute atomic E-state index is 6.38. The summed E-state index contributed by atoms with van der Waals surface area (Å²) in [6.07, 6.45) is 0.974. The van der Waals surface area contributed by atoms with Gasteiger partial charge in [0.2, 0.25) is 0 Å². The summed E-state index contributed by atoms with van der Waals surface area (Å²) in [4.78, 5) is 2.38. The largest absolute Gasteiger partial charge is 0.345 e. The first-order valence-corrected chi connectivity index (χ1v) is 8.50. The second-order valence-electron chi connectivity index (χ2n) is 7.23. The van der Waals surface area contributed by atoms with Crippen LogP contribution < -0.4 is 5.73 Å². The van der Waals surface area contributed by atoms with Crippen molar-refractivity contribution in [1.82, 2.24) is 9.47 Å². The van der Waals surface area contributed by atoms with Gasteiger partial charge in [0.05, 0.1) is 0 Å². The van der Waals surface area contributed by atoms with Crippen molar-refractivity contribution in [2.24, 2.45) is 11.7 Å². The molecule has 120 valence electrons. The summed E-state index contributed by atoms with van der Waals surface area (Å²) >= 11 is 0. The van der Waals surface area contributed by atoms with Crippen molar-refractivity contribution < 1.29 is 0 Å². The number of benzene rings is 1. The van der Waals surface area contributed by atoms with Gasteiger partial charge in [0.25, 0.3) is 0 Å². The van der Waals surface area contributed by atoms with Gasteiger partial charge in [0.15, 0.2) is 0 Å². The molecular weight excluding hydrogens is 270 g/mol. The van der Waals surface area contributed by atoms with E-state index in [1.807, 2.05) is 0 Å². The van der Waals surface area contributed by atoms with E-state index in [1.54, 1.807) is 0 Å². The lowest BCUT2D eigenvalue weighted by Gasteiger charge is -2.16. The van der Waals surface area contributed by atoms with E-state index in [0.717, 1.165) is 26.1 Å². The molecule has 1 aliphatic heterocycles. The summed E-state index contributed by atoms with van der Waals surface area (Å²) in [7, 11) is 2.19. The van der Waals surface area contributed by atoms with E-state index >= 15 is 0 Å².